The molecule has 6 aliphatic rings. The minimum atomic E-state index is -1.20. The molecular formula is C59H76N6O12. The number of carbonyl (C=O) groups is 6. The second-order valence-electron chi connectivity index (χ2n) is 21.4. The molecule has 2 bridgehead atoms. The molecule has 1 aromatic heterocycles. The second-order valence-corrected chi connectivity index (χ2v) is 21.4. The zero-order valence-electron chi connectivity index (χ0n) is 45.3. The maximum Gasteiger partial charge on any atom is 0.337 e. The summed E-state index contributed by atoms with van der Waals surface area (Å²) in [5.41, 5.74) is 1.41. The molecule has 8 N–H and O–H groups in total. The van der Waals surface area contributed by atoms with Gasteiger partial charge in [0.05, 0.1) is 16.6 Å². The van der Waals surface area contributed by atoms with Crippen molar-refractivity contribution in [3.05, 3.63) is 120 Å². The highest BCUT2D eigenvalue weighted by Crippen LogP contribution is 2.65. The lowest BCUT2D eigenvalue weighted by Gasteiger charge is -2.62. The predicted molar refractivity (Wildman–Crippen MR) is 291 cm³/mol. The van der Waals surface area contributed by atoms with Crippen LogP contribution in [0.1, 0.15) is 119 Å². The highest BCUT2D eigenvalue weighted by molar-refractivity contribution is 6.19. The molecule has 77 heavy (non-hydrogen) atoms. The maximum atomic E-state index is 12.7. The number of phenols is 3. The third kappa shape index (κ3) is 13.0. The fourth-order valence-electron chi connectivity index (χ4n) is 11.9. The molecule has 18 heteroatoms. The molecule has 5 amide bonds. The van der Waals surface area contributed by atoms with Gasteiger partial charge in [0.15, 0.2) is 23.4 Å². The highest BCUT2D eigenvalue weighted by Gasteiger charge is 2.73. The number of piperidine rings is 1. The molecule has 4 aromatic rings. The Morgan fingerprint density at radius 3 is 2.17 bits per heavy atom. The smallest absolute Gasteiger partial charge is 0.337 e. The summed E-state index contributed by atoms with van der Waals surface area (Å²) in [6, 6.07) is 20.0. The number of ketones is 1. The van der Waals surface area contributed by atoms with Gasteiger partial charge in [0.25, 0.3) is 0 Å². The van der Waals surface area contributed by atoms with E-state index in [0.29, 0.717) is 48.3 Å². The Labute approximate surface area is 450 Å². The summed E-state index contributed by atoms with van der Waals surface area (Å²) >= 11 is 0. The van der Waals surface area contributed by atoms with Crippen LogP contribution in [0.2, 0.25) is 0 Å². The molecule has 3 aromatic carbocycles. The van der Waals surface area contributed by atoms with Crippen LogP contribution in [-0.2, 0) is 31.0 Å². The van der Waals surface area contributed by atoms with Crippen molar-refractivity contribution in [2.45, 2.75) is 121 Å². The van der Waals surface area contributed by atoms with Gasteiger partial charge >= 0.3 is 12.0 Å². The number of aromatic carboxylic acids is 1. The van der Waals surface area contributed by atoms with Crippen LogP contribution in [-0.4, -0.2) is 127 Å². The molecule has 4 fully saturated rings. The highest BCUT2D eigenvalue weighted by atomic mass is 16.5. The number of rotatable bonds is 13. The fourth-order valence-corrected chi connectivity index (χ4v) is 11.9. The second kappa shape index (κ2) is 25.3. The summed E-state index contributed by atoms with van der Waals surface area (Å²) < 4.78 is 6.04. The third-order valence-corrected chi connectivity index (χ3v) is 15.9. The fraction of sp³-hybridized carbons (Fsp3) is 0.475. The predicted octanol–water partition coefficient (Wildman–Crippen LogP) is 7.70. The number of aliphatic hydroxyl groups is 1. The summed E-state index contributed by atoms with van der Waals surface area (Å²) in [5.74, 6) is 0.798. The molecule has 4 heterocycles. The van der Waals surface area contributed by atoms with Crippen molar-refractivity contribution in [2.24, 2.45) is 23.2 Å². The molecule has 1 unspecified atom stereocenters. The first-order chi connectivity index (χ1) is 36.6. The molecule has 3 aliphatic carbocycles. The van der Waals surface area contributed by atoms with Gasteiger partial charge < -0.3 is 40.5 Å². The van der Waals surface area contributed by atoms with Gasteiger partial charge in [-0.2, -0.15) is 0 Å². The lowest BCUT2D eigenvalue weighted by atomic mass is 9.49. The molecule has 18 nitrogen and oxygen atoms in total. The van der Waals surface area contributed by atoms with E-state index in [1.807, 2.05) is 32.0 Å². The number of hydrogen-bond acceptors (Lipinski definition) is 14. The first-order valence-electron chi connectivity index (χ1n) is 26.5. The van der Waals surface area contributed by atoms with E-state index >= 15 is 0 Å². The number of carboxylic acid groups (broad SMARTS) is 1. The zero-order chi connectivity index (χ0) is 56.4. The minimum absolute atomic E-state index is 0.0454. The Hall–Kier alpha value is -7.15. The van der Waals surface area contributed by atoms with Gasteiger partial charge in [-0.05, 0) is 155 Å². The minimum Gasteiger partial charge on any atom is -0.508 e. The van der Waals surface area contributed by atoms with Crippen molar-refractivity contribution in [1.82, 2.24) is 25.4 Å². The summed E-state index contributed by atoms with van der Waals surface area (Å²) in [7, 11) is 4.21. The number of anilines is 1. The number of amides is 5. The summed E-state index contributed by atoms with van der Waals surface area (Å²) in [5, 5.41) is 55.9. The topological polar surface area (TPSA) is 268 Å². The maximum absolute atomic E-state index is 12.7. The Morgan fingerprint density at radius 1 is 0.935 bits per heavy atom. The average molecular weight is 1060 g/mol. The van der Waals surface area contributed by atoms with Crippen LogP contribution in [0, 0.1) is 23.2 Å². The number of nitrogens with one attached hydrogen (secondary N) is 3. The van der Waals surface area contributed by atoms with Gasteiger partial charge in [-0.25, -0.2) is 9.59 Å². The van der Waals surface area contributed by atoms with Gasteiger partial charge in [0.1, 0.15) is 16.9 Å². The average Bonchev–Trinajstić information content (AvgIpc) is 4.14. The molecule has 2 saturated carbocycles. The molecule has 1 spiro atoms. The number of imide groups is 2. The van der Waals surface area contributed by atoms with E-state index in [9.17, 15) is 44.1 Å². The molecule has 3 aliphatic heterocycles. The number of nitrogens with zero attached hydrogens (tertiary/aromatic N) is 3. The number of urea groups is 1. The number of carbonyl (C=O) groups excluding carboxylic acids is 5. The van der Waals surface area contributed by atoms with Gasteiger partial charge in [-0.15, -0.1) is 6.58 Å². The Morgan fingerprint density at radius 2 is 1.62 bits per heavy atom. The van der Waals surface area contributed by atoms with Crippen LogP contribution in [0.15, 0.2) is 97.8 Å². The van der Waals surface area contributed by atoms with E-state index in [0.717, 1.165) is 55.9 Å². The molecule has 414 valence electrons. The zero-order valence-corrected chi connectivity index (χ0v) is 45.3. The summed E-state index contributed by atoms with van der Waals surface area (Å²) in [4.78, 5) is 76.5. The monoisotopic (exact) mass is 1060 g/mol. The largest absolute Gasteiger partial charge is 0.508 e. The number of likely N-dealkylation sites (tertiary alicyclic amines) is 1. The number of carboxylic acids is 1. The SMILES string of the molecule is C=CCC1(C(C)CC)C(=O)NC(=O)NC1=O.CC(=O)Nc1ccc(O)cc1.CC[C@@H](c1cccc(O)c1)[C@@H](C)CN(C)C.O=C(O)c1cccnc1.O=C1CC[C@@]2(O)[C@H]3Cc4ccc(O)c5c4[C@@]2(CCN3CC2CC2)[C@H]1O5. The number of phenolic OH excluding ortho intramolecular Hbond substituents is 3. The molecule has 0 radical (unpaired) electrons. The van der Waals surface area contributed by atoms with Crippen LogP contribution in [0.4, 0.5) is 10.5 Å². The van der Waals surface area contributed by atoms with E-state index in [1.165, 1.54) is 62.0 Å². The first kappa shape index (κ1) is 59.1. The number of barbiturate groups is 1. The van der Waals surface area contributed by atoms with E-state index in [-0.39, 0.29) is 47.1 Å². The number of ether oxygens (including phenoxy) is 1. The van der Waals surface area contributed by atoms with E-state index in [2.05, 4.69) is 71.3 Å². The van der Waals surface area contributed by atoms with Gasteiger partial charge in [-0.1, -0.05) is 58.4 Å². The third-order valence-electron chi connectivity index (χ3n) is 15.9. The first-order valence-corrected chi connectivity index (χ1v) is 26.5. The number of allylic oxidation sites excluding steroid dienone is 1. The van der Waals surface area contributed by atoms with Crippen LogP contribution < -0.4 is 20.7 Å². The van der Waals surface area contributed by atoms with Crippen molar-refractivity contribution < 1.29 is 59.0 Å². The van der Waals surface area contributed by atoms with Crippen LogP contribution in [0.25, 0.3) is 0 Å². The van der Waals surface area contributed by atoms with Crippen LogP contribution in [0.3, 0.4) is 0 Å². The van der Waals surface area contributed by atoms with E-state index in [4.69, 9.17) is 14.9 Å². The van der Waals surface area contributed by atoms with Crippen molar-refractivity contribution in [1.29, 1.82) is 0 Å². The summed E-state index contributed by atoms with van der Waals surface area (Å²) in [6.07, 6.45) is 10.7. The number of benzene rings is 3. The van der Waals surface area contributed by atoms with Crippen molar-refractivity contribution >= 4 is 41.2 Å². The Bertz CT molecular complexity index is 2750. The van der Waals surface area contributed by atoms with Crippen molar-refractivity contribution in [3.63, 3.8) is 0 Å². The van der Waals surface area contributed by atoms with Gasteiger partial charge in [-0.3, -0.25) is 39.7 Å². The van der Waals surface area contributed by atoms with Crippen molar-refractivity contribution in [2.75, 3.05) is 39.0 Å². The van der Waals surface area contributed by atoms with Crippen molar-refractivity contribution in [3.8, 4) is 23.0 Å². The number of Topliss-reactive ketones (excluding diaryl/α,β-unsaturated/α-hetero) is 1. The lowest BCUT2D eigenvalue weighted by molar-refractivity contribution is -0.188. The van der Waals surface area contributed by atoms with Crippen LogP contribution >= 0.6 is 0 Å². The quantitative estimate of drug-likeness (QED) is 0.0362. The van der Waals surface area contributed by atoms with Gasteiger partial charge in [0.2, 0.25) is 17.7 Å². The molecule has 10 rings (SSSR count). The molecular weight excluding hydrogens is 985 g/mol. The number of hydrogen-bond donors (Lipinski definition) is 8. The molecule has 2 saturated heterocycles. The standard InChI is InChI=1S/C20H23NO4.C14H23NO.C11H16N2O3.C8H9NO2.C6H5NO2/c22-13-4-3-12-9-15-20(24)6-5-14(23)18-19(20,16(12)17(13)25-18)7-8-21(15)10-11-1-2-11;1-5-14(11(2)10-15(3)4)12-7-6-8-13(16)9-12;1-4-6-11(7(3)5-2)8(14)12-10(16)13-9(11)15;1-6(10)9-7-2-4-8(11)5-3-7;8-6(9)5-2-1-3-7-4-5/h3-4,11,15,18,22,24H,1-2,5-10H2;6-9,11,14,16H,5,10H2,1-4H3;4,7H,1,5-6H2,2-3H3,(H2,12,13,14,15,16);2-5,11H,1H3,(H,9,10);1-4H,(H,8,9)/t15-,18+,19+,20-;11-,14+;;;/m10.../s1. The number of aromatic hydroxyl groups is 3. The Balaban J connectivity index is 0.000000164. The summed E-state index contributed by atoms with van der Waals surface area (Å²) in [6.45, 7) is 16.2. The van der Waals surface area contributed by atoms with E-state index in [1.54, 1.807) is 30.3 Å². The van der Waals surface area contributed by atoms with Gasteiger partial charge in [0, 0.05) is 56.1 Å². The Kier molecular flexibility index (Phi) is 19.4. The number of pyridine rings is 1. The normalized spacial score (nSPS) is 23.3. The lowest BCUT2D eigenvalue weighted by Crippen LogP contribution is -2.76. The van der Waals surface area contributed by atoms with E-state index < -0.39 is 46.3 Å². The van der Waals surface area contributed by atoms with Crippen LogP contribution in [0.5, 0.6) is 23.0 Å². The molecule has 7 atom stereocenters. The number of aromatic nitrogens is 1.